The lowest BCUT2D eigenvalue weighted by molar-refractivity contribution is 0.0244. The van der Waals surface area contributed by atoms with Crippen LogP contribution in [0, 0.1) is 0 Å². The van der Waals surface area contributed by atoms with Crippen molar-refractivity contribution in [2.24, 2.45) is 0 Å². The van der Waals surface area contributed by atoms with Crippen LogP contribution in [0.4, 0.5) is 0 Å². The maximum Gasteiger partial charge on any atom is 0.227 e. The molecule has 1 atom stereocenters. The first-order chi connectivity index (χ1) is 16.2. The molecule has 0 aliphatic carbocycles. The molecule has 6 nitrogen and oxygen atoms in total. The van der Waals surface area contributed by atoms with Gasteiger partial charge in [0.2, 0.25) is 5.88 Å². The number of hydrogen-bond acceptors (Lipinski definition) is 5. The predicted octanol–water partition coefficient (Wildman–Crippen LogP) is 5.00. The van der Waals surface area contributed by atoms with Crippen molar-refractivity contribution in [1.29, 1.82) is 0 Å². The summed E-state index contributed by atoms with van der Waals surface area (Å²) in [5.74, 6) is 1.47. The van der Waals surface area contributed by atoms with Crippen LogP contribution in [-0.4, -0.2) is 52.2 Å². The molecule has 0 fully saturated rings. The highest BCUT2D eigenvalue weighted by Gasteiger charge is 2.23. The molecule has 0 aliphatic rings. The zero-order chi connectivity index (χ0) is 23.5. The predicted molar refractivity (Wildman–Crippen MR) is 132 cm³/mol. The lowest BCUT2D eigenvalue weighted by Crippen LogP contribution is -2.35. The van der Waals surface area contributed by atoms with Crippen molar-refractivity contribution >= 4 is 0 Å². The van der Waals surface area contributed by atoms with E-state index in [0.29, 0.717) is 25.6 Å². The Morgan fingerprint density at radius 1 is 1.09 bits per heavy atom. The van der Waals surface area contributed by atoms with Gasteiger partial charge in [0.05, 0.1) is 36.3 Å². The normalized spacial score (nSPS) is 12.1. The number of rotatable bonds is 14. The minimum atomic E-state index is -0.579. The number of nitrogens with zero attached hydrogens (tertiary/aromatic N) is 3. The smallest absolute Gasteiger partial charge is 0.227 e. The maximum absolute atomic E-state index is 10.5. The fourth-order valence-electron chi connectivity index (χ4n) is 3.78. The first-order valence-corrected chi connectivity index (χ1v) is 11.6. The van der Waals surface area contributed by atoms with E-state index in [1.165, 1.54) is 0 Å². The van der Waals surface area contributed by atoms with Crippen LogP contribution in [0.2, 0.25) is 0 Å². The molecule has 0 spiro atoms. The van der Waals surface area contributed by atoms with Gasteiger partial charge in [-0.1, -0.05) is 56.3 Å². The third-order valence-corrected chi connectivity index (χ3v) is 5.25. The summed E-state index contributed by atoms with van der Waals surface area (Å²) >= 11 is 0. The van der Waals surface area contributed by atoms with Crippen molar-refractivity contribution in [3.63, 3.8) is 0 Å². The number of para-hydroxylation sites is 2. The van der Waals surface area contributed by atoms with Gasteiger partial charge in [-0.25, -0.2) is 4.68 Å². The third-order valence-electron chi connectivity index (χ3n) is 5.25. The molecular formula is C27H35N3O3. The lowest BCUT2D eigenvalue weighted by atomic mass is 10.1. The molecule has 0 amide bonds. The molecule has 176 valence electrons. The number of ether oxygens (including phenoxy) is 2. The van der Waals surface area contributed by atoms with Crippen molar-refractivity contribution in [2.75, 3.05) is 26.3 Å². The molecule has 1 unspecified atom stereocenters. The van der Waals surface area contributed by atoms with E-state index < -0.39 is 6.10 Å². The quantitative estimate of drug-likeness (QED) is 0.277. The fraction of sp³-hybridized carbons (Fsp3) is 0.370. The first kappa shape index (κ1) is 24.7. The number of aliphatic hydroxyl groups is 1. The zero-order valence-corrected chi connectivity index (χ0v) is 19.7. The molecule has 0 saturated carbocycles. The average Bonchev–Trinajstić information content (AvgIpc) is 3.17. The summed E-state index contributed by atoms with van der Waals surface area (Å²) in [6.45, 7) is 10.6. The summed E-state index contributed by atoms with van der Waals surface area (Å²) < 4.78 is 13.7. The molecule has 0 aliphatic heterocycles. The maximum atomic E-state index is 10.5. The average molecular weight is 450 g/mol. The Bertz CT molecular complexity index is 973. The molecule has 0 saturated heterocycles. The molecule has 1 aromatic heterocycles. The van der Waals surface area contributed by atoms with E-state index >= 15 is 0 Å². The van der Waals surface area contributed by atoms with Crippen molar-refractivity contribution in [2.45, 2.75) is 39.3 Å². The second-order valence-corrected chi connectivity index (χ2v) is 7.96. The summed E-state index contributed by atoms with van der Waals surface area (Å²) in [5.41, 5.74) is 2.98. The Kier molecular flexibility index (Phi) is 9.69. The largest absolute Gasteiger partial charge is 0.439 e. The van der Waals surface area contributed by atoms with Crippen molar-refractivity contribution < 1.29 is 14.6 Å². The van der Waals surface area contributed by atoms with E-state index in [9.17, 15) is 5.11 Å². The third kappa shape index (κ3) is 7.02. The Labute approximate surface area is 197 Å². The standard InChI is InChI=1S/C27H35N3O3/c1-4-17-29(19-23(31)21-32-18-5-2)20-25-26(6-3)28-30(22-13-9-7-10-14-22)27(25)33-24-15-11-8-12-16-24/h5,7-16,23,31H,2,4,6,17-21H2,1,3H3. The van der Waals surface area contributed by atoms with Crippen LogP contribution >= 0.6 is 0 Å². The van der Waals surface area contributed by atoms with E-state index in [2.05, 4.69) is 25.3 Å². The molecule has 0 bridgehead atoms. The summed E-state index contributed by atoms with van der Waals surface area (Å²) in [5, 5.41) is 15.4. The van der Waals surface area contributed by atoms with Gasteiger partial charge in [-0.15, -0.1) is 6.58 Å². The number of hydrogen-bond donors (Lipinski definition) is 1. The first-order valence-electron chi connectivity index (χ1n) is 11.6. The second kappa shape index (κ2) is 12.9. The zero-order valence-electron chi connectivity index (χ0n) is 19.7. The Hall–Kier alpha value is -2.93. The molecule has 3 rings (SSSR count). The Morgan fingerprint density at radius 3 is 2.42 bits per heavy atom. The van der Waals surface area contributed by atoms with Crippen LogP contribution < -0.4 is 4.74 Å². The van der Waals surface area contributed by atoms with Crippen LogP contribution in [-0.2, 0) is 17.7 Å². The van der Waals surface area contributed by atoms with Crippen LogP contribution in [0.3, 0.4) is 0 Å². The Morgan fingerprint density at radius 2 is 1.79 bits per heavy atom. The molecule has 0 radical (unpaired) electrons. The topological polar surface area (TPSA) is 59.8 Å². The monoisotopic (exact) mass is 449 g/mol. The number of aliphatic hydroxyl groups excluding tert-OH is 1. The van der Waals surface area contributed by atoms with Gasteiger partial charge >= 0.3 is 0 Å². The molecule has 1 heterocycles. The van der Waals surface area contributed by atoms with E-state index in [1.807, 2.05) is 65.3 Å². The van der Waals surface area contributed by atoms with Crippen molar-refractivity contribution in [1.82, 2.24) is 14.7 Å². The van der Waals surface area contributed by atoms with Gasteiger partial charge in [-0.3, -0.25) is 4.90 Å². The SMILES string of the molecule is C=CCOCC(O)CN(CCC)Cc1c(CC)nn(-c2ccccc2)c1Oc1ccccc1. The molecule has 3 aromatic rings. The van der Waals surface area contributed by atoms with Gasteiger partial charge in [0.1, 0.15) is 5.75 Å². The van der Waals surface area contributed by atoms with Gasteiger partial charge in [-0.2, -0.15) is 5.10 Å². The van der Waals surface area contributed by atoms with Crippen LogP contribution in [0.25, 0.3) is 5.69 Å². The van der Waals surface area contributed by atoms with Gasteiger partial charge in [-0.05, 0) is 43.7 Å². The minimum Gasteiger partial charge on any atom is -0.439 e. The van der Waals surface area contributed by atoms with Crippen LogP contribution in [0.1, 0.15) is 31.5 Å². The fourth-order valence-corrected chi connectivity index (χ4v) is 3.78. The lowest BCUT2D eigenvalue weighted by Gasteiger charge is -2.25. The molecule has 33 heavy (non-hydrogen) atoms. The summed E-state index contributed by atoms with van der Waals surface area (Å²) in [6.07, 6.45) is 2.87. The summed E-state index contributed by atoms with van der Waals surface area (Å²) in [6, 6.07) is 19.8. The summed E-state index contributed by atoms with van der Waals surface area (Å²) in [7, 11) is 0. The van der Waals surface area contributed by atoms with Crippen LogP contribution in [0.15, 0.2) is 73.3 Å². The summed E-state index contributed by atoms with van der Waals surface area (Å²) in [4.78, 5) is 2.24. The highest BCUT2D eigenvalue weighted by Crippen LogP contribution is 2.32. The highest BCUT2D eigenvalue weighted by molar-refractivity contribution is 5.43. The molecule has 1 N–H and O–H groups in total. The number of aromatic nitrogens is 2. The minimum absolute atomic E-state index is 0.281. The second-order valence-electron chi connectivity index (χ2n) is 7.96. The van der Waals surface area contributed by atoms with Gasteiger partial charge in [0.15, 0.2) is 0 Å². The van der Waals surface area contributed by atoms with Gasteiger partial charge < -0.3 is 14.6 Å². The van der Waals surface area contributed by atoms with Crippen molar-refractivity contribution in [3.8, 4) is 17.3 Å². The van der Waals surface area contributed by atoms with Gasteiger partial charge in [0.25, 0.3) is 0 Å². The van der Waals surface area contributed by atoms with E-state index in [0.717, 1.165) is 42.1 Å². The highest BCUT2D eigenvalue weighted by atomic mass is 16.5. The van der Waals surface area contributed by atoms with Crippen LogP contribution in [0.5, 0.6) is 11.6 Å². The van der Waals surface area contributed by atoms with E-state index in [1.54, 1.807) is 6.08 Å². The number of aryl methyl sites for hydroxylation is 1. The number of benzene rings is 2. The molecule has 2 aromatic carbocycles. The van der Waals surface area contributed by atoms with E-state index in [4.69, 9.17) is 14.6 Å². The molecular weight excluding hydrogens is 414 g/mol. The molecule has 6 heteroatoms. The Balaban J connectivity index is 1.94. The van der Waals surface area contributed by atoms with Crippen molar-refractivity contribution in [3.05, 3.63) is 84.6 Å². The van der Waals surface area contributed by atoms with E-state index in [-0.39, 0.29) is 6.61 Å². The van der Waals surface area contributed by atoms with Gasteiger partial charge in [0, 0.05) is 13.1 Å².